The molecular weight excluding hydrogens is 276 g/mol. The Balaban J connectivity index is 0.00000147. The molecule has 2 heterocycles. The molecule has 1 fully saturated rings. The van der Waals surface area contributed by atoms with Crippen molar-refractivity contribution in [2.75, 3.05) is 32.7 Å². The van der Waals surface area contributed by atoms with E-state index in [1.54, 1.807) is 0 Å². The molecule has 3 rings (SSSR count). The summed E-state index contributed by atoms with van der Waals surface area (Å²) in [6.45, 7) is 6.07. The standard InChI is InChI=1S/C15H20N2O2.ClH/c18-15-14-3-2-12(10-13(14)11-19-15)4-8-17-7-1-5-16-6-9-17;/h2-3,10,16H,1,4-9,11H2;1H. The van der Waals surface area contributed by atoms with Crippen LogP contribution in [-0.4, -0.2) is 43.6 Å². The number of benzene rings is 1. The Kier molecular flexibility index (Phi) is 5.40. The molecule has 4 nitrogen and oxygen atoms in total. The van der Waals surface area contributed by atoms with Gasteiger partial charge in [-0.1, -0.05) is 12.1 Å². The van der Waals surface area contributed by atoms with E-state index in [9.17, 15) is 4.79 Å². The van der Waals surface area contributed by atoms with Gasteiger partial charge >= 0.3 is 5.97 Å². The molecule has 0 spiro atoms. The smallest absolute Gasteiger partial charge is 0.338 e. The molecule has 0 saturated carbocycles. The minimum atomic E-state index is -0.180. The molecule has 2 aliphatic rings. The minimum absolute atomic E-state index is 0. The third-order valence-electron chi connectivity index (χ3n) is 3.90. The maximum atomic E-state index is 11.4. The summed E-state index contributed by atoms with van der Waals surface area (Å²) >= 11 is 0. The average molecular weight is 297 g/mol. The molecule has 1 aromatic carbocycles. The van der Waals surface area contributed by atoms with Gasteiger partial charge in [0.1, 0.15) is 6.61 Å². The normalized spacial score (nSPS) is 18.9. The Bertz CT molecular complexity index is 471. The zero-order valence-electron chi connectivity index (χ0n) is 11.6. The highest BCUT2D eigenvalue weighted by Gasteiger charge is 2.20. The fourth-order valence-electron chi connectivity index (χ4n) is 2.75. The summed E-state index contributed by atoms with van der Waals surface area (Å²) in [4.78, 5) is 13.9. The number of hydrogen-bond donors (Lipinski definition) is 1. The molecule has 1 aromatic rings. The quantitative estimate of drug-likeness (QED) is 0.861. The first-order valence-corrected chi connectivity index (χ1v) is 7.05. The number of nitrogens with zero attached hydrogens (tertiary/aromatic N) is 1. The molecule has 20 heavy (non-hydrogen) atoms. The van der Waals surface area contributed by atoms with E-state index in [2.05, 4.69) is 22.3 Å². The maximum Gasteiger partial charge on any atom is 0.338 e. The number of ether oxygens (including phenoxy) is 1. The SMILES string of the molecule is Cl.O=C1OCc2cc(CCN3CCCNCC3)ccc21. The van der Waals surface area contributed by atoms with Crippen LogP contribution in [0.1, 0.15) is 27.9 Å². The number of hydrogen-bond acceptors (Lipinski definition) is 4. The van der Waals surface area contributed by atoms with Crippen LogP contribution in [0.2, 0.25) is 0 Å². The van der Waals surface area contributed by atoms with E-state index in [-0.39, 0.29) is 18.4 Å². The fourth-order valence-corrected chi connectivity index (χ4v) is 2.75. The van der Waals surface area contributed by atoms with Crippen LogP contribution in [0.25, 0.3) is 0 Å². The molecule has 0 radical (unpaired) electrons. The molecule has 1 N–H and O–H groups in total. The third-order valence-corrected chi connectivity index (χ3v) is 3.90. The second-order valence-corrected chi connectivity index (χ2v) is 5.26. The largest absolute Gasteiger partial charge is 0.457 e. The molecule has 110 valence electrons. The molecule has 5 heteroatoms. The Morgan fingerprint density at radius 3 is 3.05 bits per heavy atom. The summed E-state index contributed by atoms with van der Waals surface area (Å²) in [6.07, 6.45) is 2.27. The highest BCUT2D eigenvalue weighted by atomic mass is 35.5. The molecular formula is C15H21ClN2O2. The van der Waals surface area contributed by atoms with Crippen LogP contribution in [0.4, 0.5) is 0 Å². The van der Waals surface area contributed by atoms with Gasteiger partial charge < -0.3 is 15.0 Å². The number of cyclic esters (lactones) is 1. The zero-order valence-corrected chi connectivity index (χ0v) is 12.4. The lowest BCUT2D eigenvalue weighted by atomic mass is 10.0. The van der Waals surface area contributed by atoms with Crippen LogP contribution in [0.3, 0.4) is 0 Å². The van der Waals surface area contributed by atoms with Gasteiger partial charge in [0, 0.05) is 25.2 Å². The number of carbonyl (C=O) groups is 1. The first-order valence-electron chi connectivity index (χ1n) is 7.05. The average Bonchev–Trinajstić information content (AvgIpc) is 2.66. The number of nitrogens with one attached hydrogen (secondary N) is 1. The van der Waals surface area contributed by atoms with Gasteiger partial charge in [0.05, 0.1) is 5.56 Å². The predicted molar refractivity (Wildman–Crippen MR) is 80.4 cm³/mol. The first-order chi connectivity index (χ1) is 9.33. The van der Waals surface area contributed by atoms with Crippen LogP contribution in [0, 0.1) is 0 Å². The van der Waals surface area contributed by atoms with E-state index in [0.29, 0.717) is 6.61 Å². The summed E-state index contributed by atoms with van der Waals surface area (Å²) in [6, 6.07) is 6.09. The first kappa shape index (κ1) is 15.3. The van der Waals surface area contributed by atoms with E-state index >= 15 is 0 Å². The number of rotatable bonds is 3. The van der Waals surface area contributed by atoms with Crippen LogP contribution in [0.15, 0.2) is 18.2 Å². The van der Waals surface area contributed by atoms with Crippen molar-refractivity contribution in [3.05, 3.63) is 34.9 Å². The second-order valence-electron chi connectivity index (χ2n) is 5.26. The maximum absolute atomic E-state index is 11.4. The Labute approximate surface area is 125 Å². The van der Waals surface area contributed by atoms with Crippen LogP contribution < -0.4 is 5.32 Å². The molecule has 2 aliphatic heterocycles. The van der Waals surface area contributed by atoms with Gasteiger partial charge in [0.2, 0.25) is 0 Å². The fraction of sp³-hybridized carbons (Fsp3) is 0.533. The summed E-state index contributed by atoms with van der Waals surface area (Å²) in [5.41, 5.74) is 3.08. The van der Waals surface area contributed by atoms with Crippen molar-refractivity contribution in [1.82, 2.24) is 10.2 Å². The van der Waals surface area contributed by atoms with Gasteiger partial charge in [-0.2, -0.15) is 0 Å². The van der Waals surface area contributed by atoms with E-state index in [1.807, 2.05) is 6.07 Å². The van der Waals surface area contributed by atoms with Gasteiger partial charge in [-0.25, -0.2) is 4.79 Å². The van der Waals surface area contributed by atoms with Gasteiger partial charge in [-0.15, -0.1) is 12.4 Å². The predicted octanol–water partition coefficient (Wildman–Crippen LogP) is 1.62. The van der Waals surface area contributed by atoms with E-state index in [4.69, 9.17) is 4.74 Å². The van der Waals surface area contributed by atoms with Crippen molar-refractivity contribution in [3.63, 3.8) is 0 Å². The number of carbonyl (C=O) groups excluding carboxylic acids is 1. The Morgan fingerprint density at radius 2 is 2.15 bits per heavy atom. The zero-order chi connectivity index (χ0) is 13.1. The van der Waals surface area contributed by atoms with Gasteiger partial charge in [-0.05, 0) is 37.6 Å². The highest BCUT2D eigenvalue weighted by Crippen LogP contribution is 2.21. The van der Waals surface area contributed by atoms with Crippen molar-refractivity contribution < 1.29 is 9.53 Å². The monoisotopic (exact) mass is 296 g/mol. The molecule has 0 aliphatic carbocycles. The van der Waals surface area contributed by atoms with Crippen molar-refractivity contribution in [2.45, 2.75) is 19.4 Å². The molecule has 0 aromatic heterocycles. The van der Waals surface area contributed by atoms with Crippen LogP contribution in [-0.2, 0) is 17.8 Å². The summed E-state index contributed by atoms with van der Waals surface area (Å²) in [5.74, 6) is -0.180. The second kappa shape index (κ2) is 7.07. The highest BCUT2D eigenvalue weighted by molar-refractivity contribution is 5.93. The van der Waals surface area contributed by atoms with Crippen molar-refractivity contribution >= 4 is 18.4 Å². The van der Waals surface area contributed by atoms with E-state index in [0.717, 1.165) is 43.7 Å². The Hall–Kier alpha value is -1.10. The molecule has 0 unspecified atom stereocenters. The summed E-state index contributed by atoms with van der Waals surface area (Å²) in [5, 5.41) is 3.42. The lowest BCUT2D eigenvalue weighted by molar-refractivity contribution is 0.0535. The molecule has 1 saturated heterocycles. The number of esters is 1. The number of halogens is 1. The molecule has 0 atom stereocenters. The van der Waals surface area contributed by atoms with Crippen molar-refractivity contribution in [2.24, 2.45) is 0 Å². The summed E-state index contributed by atoms with van der Waals surface area (Å²) in [7, 11) is 0. The van der Waals surface area contributed by atoms with E-state index < -0.39 is 0 Å². The van der Waals surface area contributed by atoms with Gasteiger partial charge in [0.15, 0.2) is 0 Å². The van der Waals surface area contributed by atoms with Crippen molar-refractivity contribution in [3.8, 4) is 0 Å². The van der Waals surface area contributed by atoms with Crippen LogP contribution >= 0.6 is 12.4 Å². The number of fused-ring (bicyclic) bond motifs is 1. The van der Waals surface area contributed by atoms with E-state index in [1.165, 1.54) is 18.5 Å². The lowest BCUT2D eigenvalue weighted by Crippen LogP contribution is -2.30. The molecule has 0 bridgehead atoms. The van der Waals surface area contributed by atoms with Gasteiger partial charge in [0.25, 0.3) is 0 Å². The topological polar surface area (TPSA) is 41.6 Å². The Morgan fingerprint density at radius 1 is 1.25 bits per heavy atom. The lowest BCUT2D eigenvalue weighted by Gasteiger charge is -2.19. The minimum Gasteiger partial charge on any atom is -0.457 e. The third kappa shape index (κ3) is 3.51. The van der Waals surface area contributed by atoms with Crippen LogP contribution in [0.5, 0.6) is 0 Å². The molecule has 0 amide bonds. The van der Waals surface area contributed by atoms with Crippen molar-refractivity contribution in [1.29, 1.82) is 0 Å². The summed E-state index contributed by atoms with van der Waals surface area (Å²) < 4.78 is 5.03. The van der Waals surface area contributed by atoms with Gasteiger partial charge in [-0.3, -0.25) is 0 Å².